The molecule has 0 aliphatic carbocycles. The molecule has 1 fully saturated rings. The van der Waals surface area contributed by atoms with E-state index in [0.29, 0.717) is 18.7 Å². The van der Waals surface area contributed by atoms with E-state index in [1.165, 1.54) is 0 Å². The van der Waals surface area contributed by atoms with E-state index >= 15 is 0 Å². The molecule has 1 aromatic rings. The Bertz CT molecular complexity index is 520. The van der Waals surface area contributed by atoms with Gasteiger partial charge in [0.1, 0.15) is 5.75 Å². The van der Waals surface area contributed by atoms with Crippen LogP contribution in [0.2, 0.25) is 0 Å². The van der Waals surface area contributed by atoms with Gasteiger partial charge in [0, 0.05) is 13.1 Å². The lowest BCUT2D eigenvalue weighted by Gasteiger charge is -2.21. The number of likely N-dealkylation sites (tertiary alicyclic amines) is 1. The number of amides is 1. The Morgan fingerprint density at radius 2 is 2.15 bits per heavy atom. The molecule has 0 spiro atoms. The van der Waals surface area contributed by atoms with Crippen LogP contribution < -0.4 is 4.74 Å². The first kappa shape index (κ1) is 14.8. The van der Waals surface area contributed by atoms with Crippen molar-refractivity contribution in [2.45, 2.75) is 19.4 Å². The molecule has 1 heterocycles. The van der Waals surface area contributed by atoms with E-state index < -0.39 is 18.0 Å². The molecule has 1 aliphatic heterocycles. The number of carbonyl (C=O) groups is 2. The number of carboxylic acids is 1. The lowest BCUT2D eigenvalue weighted by molar-refractivity contribution is -0.142. The van der Waals surface area contributed by atoms with Crippen molar-refractivity contribution in [2.24, 2.45) is 5.92 Å². The van der Waals surface area contributed by atoms with Crippen LogP contribution in [0.15, 0.2) is 28.7 Å². The first-order chi connectivity index (χ1) is 9.49. The van der Waals surface area contributed by atoms with Crippen LogP contribution in [0.25, 0.3) is 0 Å². The second-order valence-electron chi connectivity index (χ2n) is 4.80. The maximum absolute atomic E-state index is 12.2. The molecule has 1 amide bonds. The third kappa shape index (κ3) is 3.30. The van der Waals surface area contributed by atoms with Gasteiger partial charge in [-0.25, -0.2) is 0 Å². The summed E-state index contributed by atoms with van der Waals surface area (Å²) in [6, 6.07) is 7.30. The summed E-state index contributed by atoms with van der Waals surface area (Å²) in [4.78, 5) is 24.7. The molecule has 1 aliphatic rings. The van der Waals surface area contributed by atoms with Crippen LogP contribution in [0.5, 0.6) is 5.75 Å². The summed E-state index contributed by atoms with van der Waals surface area (Å²) in [5.74, 6) is -0.888. The highest BCUT2D eigenvalue weighted by atomic mass is 79.9. The molecule has 6 heteroatoms. The number of nitrogens with zero attached hydrogens (tertiary/aromatic N) is 1. The SMILES string of the molecule is C[C@H](Oc1ccccc1Br)C(=O)N1CC[C@@H](C(=O)O)C1. The van der Waals surface area contributed by atoms with Gasteiger partial charge < -0.3 is 14.7 Å². The van der Waals surface area contributed by atoms with Crippen molar-refractivity contribution >= 4 is 27.8 Å². The first-order valence-corrected chi connectivity index (χ1v) is 7.21. The Hall–Kier alpha value is -1.56. The van der Waals surface area contributed by atoms with Gasteiger partial charge in [0.2, 0.25) is 0 Å². The highest BCUT2D eigenvalue weighted by Gasteiger charge is 2.33. The van der Waals surface area contributed by atoms with E-state index in [1.54, 1.807) is 17.9 Å². The van der Waals surface area contributed by atoms with Crippen LogP contribution in [0.1, 0.15) is 13.3 Å². The van der Waals surface area contributed by atoms with Crippen molar-refractivity contribution in [2.75, 3.05) is 13.1 Å². The van der Waals surface area contributed by atoms with E-state index in [4.69, 9.17) is 9.84 Å². The Labute approximate surface area is 125 Å². The first-order valence-electron chi connectivity index (χ1n) is 6.42. The Morgan fingerprint density at radius 1 is 1.45 bits per heavy atom. The number of carbonyl (C=O) groups excluding carboxylic acids is 1. The normalized spacial score (nSPS) is 19.7. The van der Waals surface area contributed by atoms with E-state index in [-0.39, 0.29) is 12.5 Å². The van der Waals surface area contributed by atoms with Crippen LogP contribution in [0, 0.1) is 5.92 Å². The standard InChI is InChI=1S/C14H16BrNO4/c1-9(20-12-5-3-2-4-11(12)15)13(17)16-7-6-10(8-16)14(18)19/h2-5,9-10H,6-8H2,1H3,(H,18,19)/t9-,10+/m0/s1. The summed E-state index contributed by atoms with van der Waals surface area (Å²) in [6.45, 7) is 2.41. The van der Waals surface area contributed by atoms with Gasteiger partial charge in [-0.2, -0.15) is 0 Å². The fourth-order valence-electron chi connectivity index (χ4n) is 2.20. The van der Waals surface area contributed by atoms with Crippen molar-refractivity contribution in [3.05, 3.63) is 28.7 Å². The summed E-state index contributed by atoms with van der Waals surface area (Å²) in [5.41, 5.74) is 0. The molecule has 0 radical (unpaired) electrons. The second kappa shape index (κ2) is 6.26. The lowest BCUT2D eigenvalue weighted by Crippen LogP contribution is -2.39. The van der Waals surface area contributed by atoms with E-state index in [1.807, 2.05) is 18.2 Å². The molecule has 20 heavy (non-hydrogen) atoms. The van der Waals surface area contributed by atoms with Crippen molar-refractivity contribution in [3.63, 3.8) is 0 Å². The average Bonchev–Trinajstić information content (AvgIpc) is 2.90. The Morgan fingerprint density at radius 3 is 2.75 bits per heavy atom. The number of hydrogen-bond donors (Lipinski definition) is 1. The van der Waals surface area contributed by atoms with Gasteiger partial charge in [-0.05, 0) is 41.4 Å². The van der Waals surface area contributed by atoms with Crippen LogP contribution in [0.4, 0.5) is 0 Å². The molecule has 0 saturated carbocycles. The van der Waals surface area contributed by atoms with Crippen LogP contribution >= 0.6 is 15.9 Å². The van der Waals surface area contributed by atoms with Gasteiger partial charge in [0.05, 0.1) is 10.4 Å². The summed E-state index contributed by atoms with van der Waals surface area (Å²) >= 11 is 3.36. The van der Waals surface area contributed by atoms with E-state index in [9.17, 15) is 9.59 Å². The monoisotopic (exact) mass is 341 g/mol. The number of rotatable bonds is 4. The molecule has 2 rings (SSSR count). The van der Waals surface area contributed by atoms with Gasteiger partial charge in [-0.15, -0.1) is 0 Å². The number of ether oxygens (including phenoxy) is 1. The number of halogens is 1. The van der Waals surface area contributed by atoms with Crippen LogP contribution in [-0.2, 0) is 9.59 Å². The summed E-state index contributed by atoms with van der Waals surface area (Å²) in [7, 11) is 0. The molecule has 108 valence electrons. The zero-order valence-electron chi connectivity index (χ0n) is 11.1. The molecule has 2 atom stereocenters. The highest BCUT2D eigenvalue weighted by molar-refractivity contribution is 9.10. The Balaban J connectivity index is 1.96. The number of carboxylic acid groups (broad SMARTS) is 1. The van der Waals surface area contributed by atoms with Gasteiger partial charge in [-0.1, -0.05) is 12.1 Å². The quantitative estimate of drug-likeness (QED) is 0.911. The number of hydrogen-bond acceptors (Lipinski definition) is 3. The van der Waals surface area contributed by atoms with Crippen LogP contribution in [-0.4, -0.2) is 41.1 Å². The second-order valence-corrected chi connectivity index (χ2v) is 5.65. The minimum absolute atomic E-state index is 0.176. The molecule has 0 unspecified atom stereocenters. The van der Waals surface area contributed by atoms with Crippen molar-refractivity contribution in [3.8, 4) is 5.75 Å². The molecule has 1 N–H and O–H groups in total. The van der Waals surface area contributed by atoms with Gasteiger partial charge >= 0.3 is 5.97 Å². The third-order valence-corrected chi connectivity index (χ3v) is 3.99. The van der Waals surface area contributed by atoms with Gasteiger partial charge in [0.15, 0.2) is 6.10 Å². The summed E-state index contributed by atoms with van der Waals surface area (Å²) in [5, 5.41) is 8.95. The molecule has 0 aromatic heterocycles. The minimum Gasteiger partial charge on any atom is -0.481 e. The number of para-hydroxylation sites is 1. The van der Waals surface area contributed by atoms with Crippen LogP contribution in [0.3, 0.4) is 0 Å². The smallest absolute Gasteiger partial charge is 0.308 e. The summed E-state index contributed by atoms with van der Waals surface area (Å²) in [6.07, 6.45) is -0.135. The molecular weight excluding hydrogens is 326 g/mol. The average molecular weight is 342 g/mol. The largest absolute Gasteiger partial charge is 0.481 e. The fourth-order valence-corrected chi connectivity index (χ4v) is 2.58. The Kier molecular flexibility index (Phi) is 4.65. The zero-order chi connectivity index (χ0) is 14.7. The summed E-state index contributed by atoms with van der Waals surface area (Å²) < 4.78 is 6.41. The maximum Gasteiger partial charge on any atom is 0.308 e. The lowest BCUT2D eigenvalue weighted by atomic mass is 10.1. The third-order valence-electron chi connectivity index (χ3n) is 3.34. The maximum atomic E-state index is 12.2. The topological polar surface area (TPSA) is 66.8 Å². The highest BCUT2D eigenvalue weighted by Crippen LogP contribution is 2.26. The van der Waals surface area contributed by atoms with Crippen molar-refractivity contribution in [1.82, 2.24) is 4.90 Å². The predicted octanol–water partition coefficient (Wildman–Crippen LogP) is 2.15. The minimum atomic E-state index is -0.848. The van der Waals surface area contributed by atoms with E-state index in [2.05, 4.69) is 15.9 Å². The molecular formula is C14H16BrNO4. The van der Waals surface area contributed by atoms with Crippen molar-refractivity contribution < 1.29 is 19.4 Å². The molecule has 5 nitrogen and oxygen atoms in total. The van der Waals surface area contributed by atoms with Crippen molar-refractivity contribution in [1.29, 1.82) is 0 Å². The predicted molar refractivity (Wildman–Crippen MR) is 76.6 cm³/mol. The molecule has 0 bridgehead atoms. The van der Waals surface area contributed by atoms with Gasteiger partial charge in [0.25, 0.3) is 5.91 Å². The number of benzene rings is 1. The molecule has 1 saturated heterocycles. The fraction of sp³-hybridized carbons (Fsp3) is 0.429. The molecule has 1 aromatic carbocycles. The number of aliphatic carboxylic acids is 1. The zero-order valence-corrected chi connectivity index (χ0v) is 12.7. The van der Waals surface area contributed by atoms with E-state index in [0.717, 1.165) is 4.47 Å². The van der Waals surface area contributed by atoms with Gasteiger partial charge in [-0.3, -0.25) is 9.59 Å².